The van der Waals surface area contributed by atoms with Gasteiger partial charge in [0.05, 0.1) is 0 Å². The molecule has 0 aliphatic heterocycles. The van der Waals surface area contributed by atoms with Gasteiger partial charge in [-0.1, -0.05) is 0 Å². The molecule has 2 N–H and O–H groups in total. The minimum atomic E-state index is 0.619. The van der Waals surface area contributed by atoms with Crippen molar-refractivity contribution in [2.24, 2.45) is 0 Å². The Morgan fingerprint density at radius 2 is 2.30 bits per heavy atom. The van der Waals surface area contributed by atoms with E-state index in [9.17, 15) is 0 Å². The highest BCUT2D eigenvalue weighted by atomic mass is 16.4. The van der Waals surface area contributed by atoms with Gasteiger partial charge < -0.3 is 4.42 Å². The number of rotatable bonds is 1. The highest BCUT2D eigenvalue weighted by Crippen LogP contribution is 2.04. The van der Waals surface area contributed by atoms with Crippen molar-refractivity contribution in [1.29, 1.82) is 0 Å². The van der Waals surface area contributed by atoms with Crippen LogP contribution in [0, 0.1) is 6.92 Å². The molecule has 3 heteroatoms. The molecule has 1 aromatic rings. The van der Waals surface area contributed by atoms with Gasteiger partial charge in [-0.15, -0.1) is 0 Å². The van der Waals surface area contributed by atoms with Gasteiger partial charge in [0.2, 0.25) is 0 Å². The lowest BCUT2D eigenvalue weighted by Gasteiger charge is -1.83. The minimum Gasteiger partial charge on any atom is -0.455 e. The summed E-state index contributed by atoms with van der Waals surface area (Å²) in [6.45, 7) is 3.59. The molecule has 0 saturated carbocycles. The Kier molecular flexibility index (Phi) is 1.76. The first kappa shape index (κ1) is 6.86. The van der Waals surface area contributed by atoms with Crippen molar-refractivity contribution in [2.45, 2.75) is 13.8 Å². The van der Waals surface area contributed by atoms with Crippen LogP contribution in [0.4, 0.5) is 0 Å². The van der Waals surface area contributed by atoms with Gasteiger partial charge in [0.15, 0.2) is 5.76 Å². The Hall–Kier alpha value is -1.25. The summed E-state index contributed by atoms with van der Waals surface area (Å²) >= 11 is 0. The molecule has 3 nitrogen and oxygen atoms in total. The number of nitrogens with one attached hydrogen (secondary N) is 1. The van der Waals surface area contributed by atoms with Crippen LogP contribution in [0.25, 0.3) is 0 Å². The van der Waals surface area contributed by atoms with E-state index in [0.717, 1.165) is 5.76 Å². The molecule has 0 aliphatic rings. The smallest absolute Gasteiger partial charge is 0.263 e. The molecule has 0 spiro atoms. The molecule has 0 unspecified atom stereocenters. The first-order valence-electron chi connectivity index (χ1n) is 3.04. The van der Waals surface area contributed by atoms with Crippen LogP contribution in [-0.4, -0.2) is 10.9 Å². The van der Waals surface area contributed by atoms with Gasteiger partial charge in [0, 0.05) is 6.92 Å². The largest absolute Gasteiger partial charge is 0.455 e. The average Bonchev–Trinajstić information content (AvgIpc) is 2.34. The standard InChI is InChI=1S/C7H9NO2/c1-5-3-4-7(10-5)6(2)8-9/h3-4,9H,1-2H3/p+1/b8-6+. The predicted molar refractivity (Wildman–Crippen MR) is 36.0 cm³/mol. The average molecular weight is 140 g/mol. The first-order chi connectivity index (χ1) is 4.74. The summed E-state index contributed by atoms with van der Waals surface area (Å²) in [5.74, 6) is 1.50. The maximum atomic E-state index is 8.45. The normalized spacial score (nSPS) is 12.0. The van der Waals surface area contributed by atoms with E-state index in [0.29, 0.717) is 11.5 Å². The second kappa shape index (κ2) is 2.56. The van der Waals surface area contributed by atoms with E-state index < -0.39 is 0 Å². The zero-order chi connectivity index (χ0) is 7.56. The predicted octanol–water partition coefficient (Wildman–Crippen LogP) is -0.133. The molecular weight excluding hydrogens is 130 g/mol. The summed E-state index contributed by atoms with van der Waals surface area (Å²) in [5, 5.41) is 10.5. The molecule has 0 bridgehead atoms. The van der Waals surface area contributed by atoms with Crippen molar-refractivity contribution < 1.29 is 14.8 Å². The number of hydrogen-bond donors (Lipinski definition) is 2. The van der Waals surface area contributed by atoms with Crippen LogP contribution in [0.15, 0.2) is 16.5 Å². The summed E-state index contributed by atoms with van der Waals surface area (Å²) in [7, 11) is 0. The van der Waals surface area contributed by atoms with Crippen LogP contribution >= 0.6 is 0 Å². The second-order valence-corrected chi connectivity index (χ2v) is 2.15. The molecule has 0 radical (unpaired) electrons. The summed E-state index contributed by atoms with van der Waals surface area (Å²) in [5.41, 5.74) is 0.619. The molecule has 1 aromatic heterocycles. The van der Waals surface area contributed by atoms with Gasteiger partial charge in [-0.05, 0) is 24.2 Å². The minimum absolute atomic E-state index is 0.619. The molecular formula is C7H10NO2+. The van der Waals surface area contributed by atoms with Crippen molar-refractivity contribution in [3.63, 3.8) is 0 Å². The molecule has 1 heterocycles. The van der Waals surface area contributed by atoms with Crippen molar-refractivity contribution >= 4 is 5.71 Å². The lowest BCUT2D eigenvalue weighted by Crippen LogP contribution is -2.68. The van der Waals surface area contributed by atoms with Gasteiger partial charge in [-0.25, -0.2) is 0 Å². The fraction of sp³-hybridized carbons (Fsp3) is 0.286. The van der Waals surface area contributed by atoms with E-state index in [1.165, 1.54) is 0 Å². The molecule has 0 fully saturated rings. The highest BCUT2D eigenvalue weighted by Gasteiger charge is 2.06. The SMILES string of the molecule is C/C(=[NH+]\O)c1ccc(C)o1. The Balaban J connectivity index is 2.95. The maximum absolute atomic E-state index is 8.45. The molecule has 0 saturated heterocycles. The van der Waals surface area contributed by atoms with Gasteiger partial charge >= 0.3 is 0 Å². The van der Waals surface area contributed by atoms with Crippen LogP contribution in [0.1, 0.15) is 18.4 Å². The third-order valence-corrected chi connectivity index (χ3v) is 1.28. The van der Waals surface area contributed by atoms with Gasteiger partial charge in [0.25, 0.3) is 5.71 Å². The van der Waals surface area contributed by atoms with E-state index in [4.69, 9.17) is 9.62 Å². The summed E-state index contributed by atoms with van der Waals surface area (Å²) in [6, 6.07) is 3.64. The fourth-order valence-electron chi connectivity index (χ4n) is 0.691. The van der Waals surface area contributed by atoms with Crippen LogP contribution in [0.2, 0.25) is 0 Å². The zero-order valence-corrected chi connectivity index (χ0v) is 6.01. The van der Waals surface area contributed by atoms with Crippen LogP contribution < -0.4 is 5.16 Å². The third kappa shape index (κ3) is 1.18. The second-order valence-electron chi connectivity index (χ2n) is 2.15. The lowest BCUT2D eigenvalue weighted by atomic mass is 10.3. The van der Waals surface area contributed by atoms with Crippen LogP contribution in [-0.2, 0) is 0 Å². The number of furan rings is 1. The van der Waals surface area contributed by atoms with Crippen LogP contribution in [0.5, 0.6) is 0 Å². The Morgan fingerprint density at radius 3 is 2.70 bits per heavy atom. The summed E-state index contributed by atoms with van der Waals surface area (Å²) < 4.78 is 5.18. The van der Waals surface area contributed by atoms with Crippen molar-refractivity contribution in [1.82, 2.24) is 0 Å². The van der Waals surface area contributed by atoms with E-state index in [-0.39, 0.29) is 0 Å². The third-order valence-electron chi connectivity index (χ3n) is 1.28. The molecule has 1 rings (SSSR count). The number of aryl methyl sites for hydroxylation is 1. The highest BCUT2D eigenvalue weighted by molar-refractivity contribution is 5.91. The monoisotopic (exact) mass is 140 g/mol. The maximum Gasteiger partial charge on any atom is 0.263 e. The van der Waals surface area contributed by atoms with E-state index in [1.54, 1.807) is 13.0 Å². The molecule has 54 valence electrons. The van der Waals surface area contributed by atoms with Gasteiger partial charge in [-0.3, -0.25) is 5.21 Å². The van der Waals surface area contributed by atoms with Gasteiger partial charge in [-0.2, -0.15) is 0 Å². The summed E-state index contributed by atoms with van der Waals surface area (Å²) in [4.78, 5) is 0. The number of hydrogen-bond acceptors (Lipinski definition) is 2. The zero-order valence-electron chi connectivity index (χ0n) is 6.01. The van der Waals surface area contributed by atoms with Crippen molar-refractivity contribution in [3.8, 4) is 0 Å². The van der Waals surface area contributed by atoms with E-state index >= 15 is 0 Å². The Labute approximate surface area is 59.0 Å². The summed E-state index contributed by atoms with van der Waals surface area (Å²) in [6.07, 6.45) is 0. The first-order valence-corrected chi connectivity index (χ1v) is 3.04. The molecule has 10 heavy (non-hydrogen) atoms. The molecule has 0 aliphatic carbocycles. The van der Waals surface area contributed by atoms with Crippen LogP contribution in [0.3, 0.4) is 0 Å². The quantitative estimate of drug-likeness (QED) is 0.324. The molecule has 0 atom stereocenters. The fourth-order valence-corrected chi connectivity index (χ4v) is 0.691. The topological polar surface area (TPSA) is 47.3 Å². The Bertz CT molecular complexity index is 250. The van der Waals surface area contributed by atoms with Crippen molar-refractivity contribution in [2.75, 3.05) is 0 Å². The molecule has 0 amide bonds. The van der Waals surface area contributed by atoms with Crippen molar-refractivity contribution in [3.05, 3.63) is 23.7 Å². The van der Waals surface area contributed by atoms with E-state index in [2.05, 4.69) is 0 Å². The van der Waals surface area contributed by atoms with E-state index in [1.807, 2.05) is 18.1 Å². The lowest BCUT2D eigenvalue weighted by molar-refractivity contribution is -0.737. The Morgan fingerprint density at radius 1 is 1.60 bits per heavy atom. The van der Waals surface area contributed by atoms with Gasteiger partial charge in [0.1, 0.15) is 5.76 Å². The molecule has 0 aromatic carbocycles.